The van der Waals surface area contributed by atoms with Crippen molar-refractivity contribution in [2.75, 3.05) is 58.3 Å². The number of nitrogens with one attached hydrogen (secondary N) is 1. The number of hydrogen-bond acceptors (Lipinski definition) is 9. The van der Waals surface area contributed by atoms with Crippen LogP contribution in [0, 0.1) is 5.82 Å². The molecule has 3 heterocycles. The normalized spacial score (nSPS) is 14.3. The van der Waals surface area contributed by atoms with Crippen LogP contribution in [0.2, 0.25) is 5.02 Å². The maximum absolute atomic E-state index is 14.3. The Hall–Kier alpha value is -3.86. The second-order valence-corrected chi connectivity index (χ2v) is 9.91. The number of rotatable bonds is 10. The van der Waals surface area contributed by atoms with Crippen molar-refractivity contribution in [3.63, 3.8) is 0 Å². The summed E-state index contributed by atoms with van der Waals surface area (Å²) in [7, 11) is 1.42. The molecule has 2 aromatic carbocycles. The van der Waals surface area contributed by atoms with Crippen molar-refractivity contribution < 1.29 is 18.7 Å². The Labute approximate surface area is 236 Å². The Morgan fingerprint density at radius 2 is 1.85 bits per heavy atom. The third-order valence-electron chi connectivity index (χ3n) is 6.85. The third-order valence-corrected chi connectivity index (χ3v) is 7.09. The lowest BCUT2D eigenvalue weighted by atomic mass is 10.1. The van der Waals surface area contributed by atoms with Gasteiger partial charge in [0.15, 0.2) is 0 Å². The highest BCUT2D eigenvalue weighted by atomic mass is 35.5. The maximum Gasteiger partial charge on any atom is 0.306 e. The number of fused-ring (bicyclic) bond motifs is 1. The Balaban J connectivity index is 1.18. The van der Waals surface area contributed by atoms with Crippen LogP contribution in [0.15, 0.2) is 60.9 Å². The molecule has 11 heteroatoms. The summed E-state index contributed by atoms with van der Waals surface area (Å²) >= 11 is 6.05. The molecule has 1 aliphatic heterocycles. The van der Waals surface area contributed by atoms with Gasteiger partial charge in [0.25, 0.3) is 0 Å². The van der Waals surface area contributed by atoms with Crippen LogP contribution in [-0.4, -0.2) is 83.9 Å². The van der Waals surface area contributed by atoms with Gasteiger partial charge >= 0.3 is 5.97 Å². The molecular formula is C29H30ClFN6O3. The highest BCUT2D eigenvalue weighted by Gasteiger charge is 2.17. The first kappa shape index (κ1) is 27.7. The van der Waals surface area contributed by atoms with Crippen LogP contribution in [0.25, 0.3) is 22.2 Å². The quantitative estimate of drug-likeness (QED) is 0.273. The van der Waals surface area contributed by atoms with Gasteiger partial charge in [0, 0.05) is 73.2 Å². The van der Waals surface area contributed by atoms with Gasteiger partial charge in [-0.2, -0.15) is 10.2 Å². The SMILES string of the molecule is COC(=O)CCN1CCN(CCOc2ccc3c(Nc4cnnc(-c5cc(Cl)ccc5F)c4)ccnc3c2)CC1. The molecule has 0 unspecified atom stereocenters. The molecule has 5 rings (SSSR count). The van der Waals surface area contributed by atoms with Crippen LogP contribution in [0.4, 0.5) is 15.8 Å². The molecule has 9 nitrogen and oxygen atoms in total. The van der Waals surface area contributed by atoms with Gasteiger partial charge < -0.3 is 19.7 Å². The molecule has 0 amide bonds. The average molecular weight is 565 g/mol. The summed E-state index contributed by atoms with van der Waals surface area (Å²) < 4.78 is 25.1. The molecule has 0 aliphatic carbocycles. The summed E-state index contributed by atoms with van der Waals surface area (Å²) in [5.41, 5.74) is 2.92. The largest absolute Gasteiger partial charge is 0.492 e. The third kappa shape index (κ3) is 7.01. The summed E-state index contributed by atoms with van der Waals surface area (Å²) in [6.07, 6.45) is 3.73. The number of benzene rings is 2. The average Bonchev–Trinajstić information content (AvgIpc) is 2.98. The number of carbonyl (C=O) groups is 1. The highest BCUT2D eigenvalue weighted by molar-refractivity contribution is 6.30. The fourth-order valence-corrected chi connectivity index (χ4v) is 4.80. The number of aromatic nitrogens is 3. The summed E-state index contributed by atoms with van der Waals surface area (Å²) in [4.78, 5) is 20.5. The number of methoxy groups -OCH3 is 1. The van der Waals surface area contributed by atoms with Gasteiger partial charge in [0.1, 0.15) is 18.2 Å². The molecule has 1 fully saturated rings. The molecule has 0 bridgehead atoms. The van der Waals surface area contributed by atoms with E-state index in [-0.39, 0.29) is 11.5 Å². The number of pyridine rings is 1. The lowest BCUT2D eigenvalue weighted by molar-refractivity contribution is -0.141. The van der Waals surface area contributed by atoms with Crippen LogP contribution >= 0.6 is 11.6 Å². The Morgan fingerprint density at radius 3 is 2.65 bits per heavy atom. The number of carbonyl (C=O) groups excluding carboxylic acids is 1. The van der Waals surface area contributed by atoms with Crippen LogP contribution < -0.4 is 10.1 Å². The second kappa shape index (κ2) is 13.0. The molecule has 208 valence electrons. The van der Waals surface area contributed by atoms with Crippen LogP contribution in [0.5, 0.6) is 5.75 Å². The van der Waals surface area contributed by atoms with E-state index >= 15 is 0 Å². The van der Waals surface area contributed by atoms with E-state index in [9.17, 15) is 9.18 Å². The number of nitrogens with zero attached hydrogens (tertiary/aromatic N) is 5. The molecule has 40 heavy (non-hydrogen) atoms. The molecule has 0 atom stereocenters. The molecule has 0 radical (unpaired) electrons. The number of hydrogen-bond donors (Lipinski definition) is 1. The molecule has 2 aromatic heterocycles. The fourth-order valence-electron chi connectivity index (χ4n) is 4.62. The van der Waals surface area contributed by atoms with Crippen molar-refractivity contribution in [3.05, 3.63) is 71.8 Å². The van der Waals surface area contributed by atoms with Gasteiger partial charge in [-0.25, -0.2) is 4.39 Å². The first-order chi connectivity index (χ1) is 19.5. The van der Waals surface area contributed by atoms with Crippen molar-refractivity contribution in [3.8, 4) is 17.0 Å². The van der Waals surface area contributed by atoms with Crippen molar-refractivity contribution in [2.45, 2.75) is 6.42 Å². The molecule has 1 N–H and O–H groups in total. The van der Waals surface area contributed by atoms with Crippen LogP contribution in [-0.2, 0) is 9.53 Å². The smallest absolute Gasteiger partial charge is 0.306 e. The highest BCUT2D eigenvalue weighted by Crippen LogP contribution is 2.30. The molecule has 1 saturated heterocycles. The predicted octanol–water partition coefficient (Wildman–Crippen LogP) is 4.79. The van der Waals surface area contributed by atoms with E-state index in [0.717, 1.165) is 61.6 Å². The minimum Gasteiger partial charge on any atom is -0.492 e. The Bertz CT molecular complexity index is 1480. The van der Waals surface area contributed by atoms with E-state index in [1.54, 1.807) is 18.5 Å². The van der Waals surface area contributed by atoms with E-state index < -0.39 is 5.82 Å². The zero-order valence-electron chi connectivity index (χ0n) is 22.1. The number of anilines is 2. The predicted molar refractivity (Wildman–Crippen MR) is 152 cm³/mol. The summed E-state index contributed by atoms with van der Waals surface area (Å²) in [6, 6.07) is 13.7. The maximum atomic E-state index is 14.3. The van der Waals surface area contributed by atoms with Gasteiger partial charge in [-0.1, -0.05) is 11.6 Å². The van der Waals surface area contributed by atoms with Crippen LogP contribution in [0.3, 0.4) is 0 Å². The van der Waals surface area contributed by atoms with Gasteiger partial charge in [-0.3, -0.25) is 14.7 Å². The zero-order chi connectivity index (χ0) is 27.9. The monoisotopic (exact) mass is 564 g/mol. The first-order valence-electron chi connectivity index (χ1n) is 13.1. The number of ether oxygens (including phenoxy) is 2. The van der Waals surface area contributed by atoms with E-state index in [2.05, 4.69) is 30.3 Å². The van der Waals surface area contributed by atoms with E-state index in [1.807, 2.05) is 24.3 Å². The van der Waals surface area contributed by atoms with Gasteiger partial charge in [0.05, 0.1) is 36.6 Å². The zero-order valence-corrected chi connectivity index (χ0v) is 22.9. The Kier molecular flexibility index (Phi) is 9.00. The molecule has 0 saturated carbocycles. The van der Waals surface area contributed by atoms with Gasteiger partial charge in [-0.15, -0.1) is 0 Å². The minimum absolute atomic E-state index is 0.169. The van der Waals surface area contributed by atoms with E-state index in [4.69, 9.17) is 21.1 Å². The standard InChI is InChI=1S/C29H30ClFN6O3/c1-39-29(38)7-9-36-10-12-37(13-11-36)14-15-40-22-3-4-23-26(6-8-32-27(23)18-22)34-21-17-28(35-33-19-21)24-16-20(30)2-5-25(24)31/h2-6,8,16-19H,7,9-15H2,1H3,(H,32,34,35). The number of piperazine rings is 1. The van der Waals surface area contributed by atoms with Crippen molar-refractivity contribution >= 4 is 39.8 Å². The van der Waals surface area contributed by atoms with Crippen LogP contribution in [0.1, 0.15) is 6.42 Å². The second-order valence-electron chi connectivity index (χ2n) is 9.47. The van der Waals surface area contributed by atoms with Gasteiger partial charge in [0.2, 0.25) is 0 Å². The Morgan fingerprint density at radius 1 is 1.05 bits per heavy atom. The van der Waals surface area contributed by atoms with Crippen molar-refractivity contribution in [1.82, 2.24) is 25.0 Å². The molecule has 0 spiro atoms. The fraction of sp³-hybridized carbons (Fsp3) is 0.310. The summed E-state index contributed by atoms with van der Waals surface area (Å²) in [5, 5.41) is 12.8. The topological polar surface area (TPSA) is 92.7 Å². The van der Waals surface area contributed by atoms with E-state index in [1.165, 1.54) is 25.3 Å². The first-order valence-corrected chi connectivity index (χ1v) is 13.4. The number of halogens is 2. The van der Waals surface area contributed by atoms with E-state index in [0.29, 0.717) is 29.4 Å². The summed E-state index contributed by atoms with van der Waals surface area (Å²) in [6.45, 7) is 5.85. The molecule has 1 aliphatic rings. The number of esters is 1. The lowest BCUT2D eigenvalue weighted by Crippen LogP contribution is -2.47. The van der Waals surface area contributed by atoms with Gasteiger partial charge in [-0.05, 0) is 42.5 Å². The molecular weight excluding hydrogens is 535 g/mol. The molecule has 4 aromatic rings. The summed E-state index contributed by atoms with van der Waals surface area (Å²) in [5.74, 6) is 0.159. The minimum atomic E-state index is -0.421. The van der Waals surface area contributed by atoms with Crippen molar-refractivity contribution in [1.29, 1.82) is 0 Å². The lowest BCUT2D eigenvalue weighted by Gasteiger charge is -2.34. The van der Waals surface area contributed by atoms with Crippen molar-refractivity contribution in [2.24, 2.45) is 0 Å².